The van der Waals surface area contributed by atoms with Crippen LogP contribution in [0.2, 0.25) is 5.02 Å². The zero-order valence-electron chi connectivity index (χ0n) is 9.83. The minimum Gasteiger partial charge on any atom is -0.338 e. The Labute approximate surface area is 129 Å². The van der Waals surface area contributed by atoms with Gasteiger partial charge in [-0.15, -0.1) is 0 Å². The number of alkyl halides is 1. The van der Waals surface area contributed by atoms with E-state index in [0.717, 1.165) is 35.7 Å². The first kappa shape index (κ1) is 14.4. The van der Waals surface area contributed by atoms with Gasteiger partial charge in [0.25, 0.3) is 5.91 Å². The molecule has 0 radical (unpaired) electrons. The third kappa shape index (κ3) is 3.28. The molecule has 1 saturated heterocycles. The second kappa shape index (κ2) is 6.40. The van der Waals surface area contributed by atoms with Gasteiger partial charge >= 0.3 is 0 Å². The lowest BCUT2D eigenvalue weighted by Gasteiger charge is -2.17. The predicted octanol–water partition coefficient (Wildman–Crippen LogP) is 4.35. The van der Waals surface area contributed by atoms with E-state index >= 15 is 0 Å². The van der Waals surface area contributed by atoms with Crippen LogP contribution in [-0.2, 0) is 0 Å². The Balaban J connectivity index is 2.08. The average Bonchev–Trinajstić information content (AvgIpc) is 2.77. The summed E-state index contributed by atoms with van der Waals surface area (Å²) in [7, 11) is 0. The molecule has 1 atom stereocenters. The van der Waals surface area contributed by atoms with E-state index < -0.39 is 0 Å². The molecule has 0 N–H and O–H groups in total. The maximum atomic E-state index is 12.3. The van der Waals surface area contributed by atoms with Gasteiger partial charge in [0.2, 0.25) is 0 Å². The summed E-state index contributed by atoms with van der Waals surface area (Å²) in [4.78, 5) is 14.2. The number of hydrogen-bond acceptors (Lipinski definition) is 1. The first-order valence-corrected chi connectivity index (χ1v) is 8.21. The molecule has 0 spiro atoms. The lowest BCUT2D eigenvalue weighted by molar-refractivity contribution is 0.0787. The molecule has 1 aromatic rings. The van der Waals surface area contributed by atoms with E-state index in [4.69, 9.17) is 11.6 Å². The van der Waals surface area contributed by atoms with Crippen LogP contribution in [0.15, 0.2) is 22.7 Å². The van der Waals surface area contributed by atoms with Crippen LogP contribution < -0.4 is 0 Å². The smallest absolute Gasteiger partial charge is 0.255 e. The van der Waals surface area contributed by atoms with Crippen LogP contribution in [0, 0.1) is 5.92 Å². The van der Waals surface area contributed by atoms with E-state index in [0.29, 0.717) is 16.5 Å². The Morgan fingerprint density at radius 1 is 1.50 bits per heavy atom. The summed E-state index contributed by atoms with van der Waals surface area (Å²) in [5.41, 5.74) is 0.597. The molecule has 98 valence electrons. The van der Waals surface area contributed by atoms with Gasteiger partial charge in [0.05, 0.1) is 10.6 Å². The van der Waals surface area contributed by atoms with Gasteiger partial charge in [-0.25, -0.2) is 0 Å². The Morgan fingerprint density at radius 2 is 2.28 bits per heavy atom. The van der Waals surface area contributed by atoms with Crippen molar-refractivity contribution < 1.29 is 4.79 Å². The molecule has 0 aromatic heterocycles. The Kier molecular flexibility index (Phi) is 5.10. The molecule has 1 aliphatic rings. The van der Waals surface area contributed by atoms with E-state index in [2.05, 4.69) is 31.9 Å². The number of halogens is 3. The van der Waals surface area contributed by atoms with Gasteiger partial charge < -0.3 is 4.90 Å². The van der Waals surface area contributed by atoms with Crippen molar-refractivity contribution in [3.8, 4) is 0 Å². The lowest BCUT2D eigenvalue weighted by Crippen LogP contribution is -2.29. The Morgan fingerprint density at radius 3 is 2.94 bits per heavy atom. The molecule has 1 aliphatic heterocycles. The normalized spacial score (nSPS) is 19.3. The Hall–Kier alpha value is -0.0600. The third-order valence-electron chi connectivity index (χ3n) is 3.25. The summed E-state index contributed by atoms with van der Waals surface area (Å²) in [6.07, 6.45) is 2.21. The molecule has 1 heterocycles. The summed E-state index contributed by atoms with van der Waals surface area (Å²) < 4.78 is 0.891. The van der Waals surface area contributed by atoms with Gasteiger partial charge in [-0.1, -0.05) is 43.5 Å². The molecule has 0 saturated carbocycles. The summed E-state index contributed by atoms with van der Waals surface area (Å²) in [6.45, 7) is 1.68. The molecular weight excluding hydrogens is 381 g/mol. The molecule has 2 nitrogen and oxygen atoms in total. The van der Waals surface area contributed by atoms with E-state index in [1.165, 1.54) is 0 Å². The highest BCUT2D eigenvalue weighted by Gasteiger charge is 2.27. The van der Waals surface area contributed by atoms with Gasteiger partial charge in [-0.05, 0) is 37.0 Å². The summed E-state index contributed by atoms with van der Waals surface area (Å²) in [6, 6.07) is 5.40. The summed E-state index contributed by atoms with van der Waals surface area (Å²) in [5.74, 6) is 0.659. The van der Waals surface area contributed by atoms with Crippen molar-refractivity contribution >= 4 is 49.4 Å². The van der Waals surface area contributed by atoms with Gasteiger partial charge in [0.15, 0.2) is 0 Å². The maximum Gasteiger partial charge on any atom is 0.255 e. The topological polar surface area (TPSA) is 20.3 Å². The van der Waals surface area contributed by atoms with Crippen LogP contribution >= 0.6 is 43.5 Å². The summed E-state index contributed by atoms with van der Waals surface area (Å²) >= 11 is 12.9. The first-order valence-electron chi connectivity index (χ1n) is 5.92. The highest BCUT2D eigenvalue weighted by molar-refractivity contribution is 9.10. The first-order chi connectivity index (χ1) is 8.61. The monoisotopic (exact) mass is 393 g/mol. The molecule has 0 bridgehead atoms. The van der Waals surface area contributed by atoms with Gasteiger partial charge in [0, 0.05) is 22.9 Å². The number of rotatable bonds is 3. The molecule has 18 heavy (non-hydrogen) atoms. The molecule has 1 fully saturated rings. The fourth-order valence-corrected chi connectivity index (χ4v) is 3.64. The zero-order chi connectivity index (χ0) is 13.1. The van der Waals surface area contributed by atoms with Crippen molar-refractivity contribution in [1.82, 2.24) is 4.90 Å². The van der Waals surface area contributed by atoms with E-state index in [-0.39, 0.29) is 5.91 Å². The molecular formula is C13H14Br2ClNO. The van der Waals surface area contributed by atoms with Crippen LogP contribution in [0.25, 0.3) is 0 Å². The minimum atomic E-state index is 0.0459. The zero-order valence-corrected chi connectivity index (χ0v) is 13.8. The summed E-state index contributed by atoms with van der Waals surface area (Å²) in [5, 5.41) is 1.51. The van der Waals surface area contributed by atoms with Crippen molar-refractivity contribution in [2.24, 2.45) is 5.92 Å². The molecule has 1 amide bonds. The van der Waals surface area contributed by atoms with E-state index in [1.807, 2.05) is 11.0 Å². The standard InChI is InChI=1S/C13H14Br2ClNO/c14-5-3-9-4-6-17(8-9)13(18)11-2-1-10(15)7-12(11)16/h1-2,7,9H,3-6,8H2. The number of hydrogen-bond donors (Lipinski definition) is 0. The molecule has 1 aromatic carbocycles. The van der Waals surface area contributed by atoms with Crippen molar-refractivity contribution in [3.63, 3.8) is 0 Å². The van der Waals surface area contributed by atoms with Crippen LogP contribution in [0.5, 0.6) is 0 Å². The van der Waals surface area contributed by atoms with Gasteiger partial charge in [-0.3, -0.25) is 4.79 Å². The molecule has 1 unspecified atom stereocenters. The molecule has 0 aliphatic carbocycles. The van der Waals surface area contributed by atoms with Crippen molar-refractivity contribution in [2.45, 2.75) is 12.8 Å². The van der Waals surface area contributed by atoms with Gasteiger partial charge in [0.1, 0.15) is 0 Å². The predicted molar refractivity (Wildman–Crippen MR) is 81.6 cm³/mol. The van der Waals surface area contributed by atoms with Gasteiger partial charge in [-0.2, -0.15) is 0 Å². The number of likely N-dealkylation sites (tertiary alicyclic amines) is 1. The average molecular weight is 396 g/mol. The van der Waals surface area contributed by atoms with E-state index in [9.17, 15) is 4.79 Å². The van der Waals surface area contributed by atoms with Crippen molar-refractivity contribution in [1.29, 1.82) is 0 Å². The SMILES string of the molecule is O=C(c1ccc(Br)cc1Cl)N1CCC(CCBr)C1. The van der Waals surface area contributed by atoms with Crippen molar-refractivity contribution in [2.75, 3.05) is 18.4 Å². The van der Waals surface area contributed by atoms with Crippen LogP contribution in [-0.4, -0.2) is 29.2 Å². The second-order valence-electron chi connectivity index (χ2n) is 4.51. The lowest BCUT2D eigenvalue weighted by atomic mass is 10.1. The quantitative estimate of drug-likeness (QED) is 0.697. The maximum absolute atomic E-state index is 12.3. The number of carbonyl (C=O) groups is 1. The fraction of sp³-hybridized carbons (Fsp3) is 0.462. The number of benzene rings is 1. The highest BCUT2D eigenvalue weighted by Crippen LogP contribution is 2.26. The van der Waals surface area contributed by atoms with Crippen molar-refractivity contribution in [3.05, 3.63) is 33.3 Å². The highest BCUT2D eigenvalue weighted by atomic mass is 79.9. The number of nitrogens with zero attached hydrogens (tertiary/aromatic N) is 1. The van der Waals surface area contributed by atoms with Crippen LogP contribution in [0.4, 0.5) is 0 Å². The van der Waals surface area contributed by atoms with Crippen LogP contribution in [0.1, 0.15) is 23.2 Å². The molecule has 5 heteroatoms. The van der Waals surface area contributed by atoms with E-state index in [1.54, 1.807) is 12.1 Å². The third-order valence-corrected chi connectivity index (χ3v) is 4.52. The van der Waals surface area contributed by atoms with Crippen LogP contribution in [0.3, 0.4) is 0 Å². The number of carbonyl (C=O) groups excluding carboxylic acids is 1. The number of amides is 1. The molecule has 2 rings (SSSR count). The second-order valence-corrected chi connectivity index (χ2v) is 6.62. The fourth-order valence-electron chi connectivity index (χ4n) is 2.24. The minimum absolute atomic E-state index is 0.0459. The Bertz CT molecular complexity index is 453. The largest absolute Gasteiger partial charge is 0.338 e.